The highest BCUT2D eigenvalue weighted by molar-refractivity contribution is 7.89. The average molecular weight is 358 g/mol. The lowest BCUT2D eigenvalue weighted by Crippen LogP contribution is -2.53. The van der Waals surface area contributed by atoms with Crippen molar-refractivity contribution in [2.45, 2.75) is 37.1 Å². The summed E-state index contributed by atoms with van der Waals surface area (Å²) < 4.78 is 40.3. The molecule has 2 N–H and O–H groups in total. The van der Waals surface area contributed by atoms with Gasteiger partial charge in [-0.1, -0.05) is 37.0 Å². The molecule has 0 aliphatic rings. The molecule has 0 fully saturated rings. The highest BCUT2D eigenvalue weighted by Gasteiger charge is 2.40. The van der Waals surface area contributed by atoms with E-state index in [9.17, 15) is 22.7 Å². The Morgan fingerprint density at radius 3 is 2.29 bits per heavy atom. The zero-order chi connectivity index (χ0) is 16.4. The summed E-state index contributed by atoms with van der Waals surface area (Å²) in [7, 11) is -4.32. The molecule has 118 valence electrons. The highest BCUT2D eigenvalue weighted by Crippen LogP contribution is 2.30. The van der Waals surface area contributed by atoms with Crippen molar-refractivity contribution in [3.63, 3.8) is 0 Å². The molecule has 0 heterocycles. The third kappa shape index (κ3) is 3.48. The number of carboxylic acid groups (broad SMARTS) is 1. The van der Waals surface area contributed by atoms with Gasteiger partial charge in [-0.2, -0.15) is 4.72 Å². The number of carboxylic acids is 1. The minimum atomic E-state index is -4.32. The quantitative estimate of drug-likeness (QED) is 0.766. The normalized spacial score (nSPS) is 12.4. The summed E-state index contributed by atoms with van der Waals surface area (Å²) in [5.41, 5.74) is -1.68. The van der Waals surface area contributed by atoms with Crippen LogP contribution in [0.4, 0.5) is 4.39 Å². The maximum atomic E-state index is 13.6. The van der Waals surface area contributed by atoms with Crippen LogP contribution in [0, 0.1) is 5.82 Å². The number of aliphatic carboxylic acids is 1. The molecular formula is C12H14Cl2FNO4S. The van der Waals surface area contributed by atoms with Gasteiger partial charge in [-0.15, -0.1) is 0 Å². The van der Waals surface area contributed by atoms with E-state index in [-0.39, 0.29) is 17.9 Å². The first kappa shape index (κ1) is 18.2. The van der Waals surface area contributed by atoms with Crippen LogP contribution in [0.25, 0.3) is 0 Å². The lowest BCUT2D eigenvalue weighted by Gasteiger charge is -2.27. The maximum Gasteiger partial charge on any atom is 0.324 e. The fraction of sp³-hybridized carbons (Fsp3) is 0.417. The fourth-order valence-electron chi connectivity index (χ4n) is 1.77. The van der Waals surface area contributed by atoms with Crippen LogP contribution >= 0.6 is 23.2 Å². The minimum absolute atomic E-state index is 0.0196. The van der Waals surface area contributed by atoms with Gasteiger partial charge in [-0.05, 0) is 25.0 Å². The molecule has 0 radical (unpaired) electrons. The smallest absolute Gasteiger partial charge is 0.324 e. The second-order valence-corrected chi connectivity index (χ2v) is 6.81. The van der Waals surface area contributed by atoms with Crippen LogP contribution in [0.2, 0.25) is 10.0 Å². The van der Waals surface area contributed by atoms with Gasteiger partial charge in [0, 0.05) is 0 Å². The number of benzene rings is 1. The van der Waals surface area contributed by atoms with E-state index in [0.29, 0.717) is 0 Å². The number of rotatable bonds is 6. The third-order valence-corrected chi connectivity index (χ3v) is 5.59. The third-order valence-electron chi connectivity index (χ3n) is 3.24. The molecule has 1 aromatic carbocycles. The van der Waals surface area contributed by atoms with Gasteiger partial charge in [0.15, 0.2) is 5.82 Å². The Morgan fingerprint density at radius 2 is 1.86 bits per heavy atom. The lowest BCUT2D eigenvalue weighted by atomic mass is 9.95. The molecule has 0 aromatic heterocycles. The largest absolute Gasteiger partial charge is 0.480 e. The van der Waals surface area contributed by atoms with Crippen LogP contribution in [0.5, 0.6) is 0 Å². The van der Waals surface area contributed by atoms with E-state index in [1.807, 2.05) is 0 Å². The predicted octanol–water partition coefficient (Wildman–Crippen LogP) is 3.05. The van der Waals surface area contributed by atoms with Gasteiger partial charge >= 0.3 is 5.97 Å². The molecule has 0 aliphatic heterocycles. The average Bonchev–Trinajstić information content (AvgIpc) is 2.41. The Hall–Kier alpha value is -0.890. The first-order chi connectivity index (χ1) is 9.61. The summed E-state index contributed by atoms with van der Waals surface area (Å²) in [6.45, 7) is 3.06. The summed E-state index contributed by atoms with van der Waals surface area (Å²) >= 11 is 11.2. The Balaban J connectivity index is 3.36. The second kappa shape index (κ2) is 6.48. The SMILES string of the molecule is CCC(CC)(NS(=O)(=O)c1ccc(Cl)c(F)c1Cl)C(=O)O. The molecule has 0 atom stereocenters. The standard InChI is InChI=1S/C12H14Cl2FNO4S/c1-3-12(4-2,11(17)18)16-21(19,20)8-6-5-7(13)10(15)9(8)14/h5-6,16H,3-4H2,1-2H3,(H,17,18). The summed E-state index contributed by atoms with van der Waals surface area (Å²) in [5.74, 6) is -2.39. The van der Waals surface area contributed by atoms with Crippen LogP contribution < -0.4 is 4.72 Å². The molecule has 0 unspecified atom stereocenters. The van der Waals surface area contributed by atoms with E-state index in [1.54, 1.807) is 0 Å². The summed E-state index contributed by atoms with van der Waals surface area (Å²) in [6.07, 6.45) is 0.0392. The maximum absolute atomic E-state index is 13.6. The van der Waals surface area contributed by atoms with E-state index in [0.717, 1.165) is 12.1 Å². The molecular weight excluding hydrogens is 344 g/mol. The summed E-state index contributed by atoms with van der Waals surface area (Å²) in [6, 6.07) is 2.06. The molecule has 0 spiro atoms. The van der Waals surface area contributed by atoms with E-state index >= 15 is 0 Å². The van der Waals surface area contributed by atoms with Crippen LogP contribution in [0.15, 0.2) is 17.0 Å². The molecule has 9 heteroatoms. The van der Waals surface area contributed by atoms with Crippen LogP contribution in [0.1, 0.15) is 26.7 Å². The topological polar surface area (TPSA) is 83.5 Å². The molecule has 1 aromatic rings. The second-order valence-electron chi connectivity index (χ2n) is 4.37. The minimum Gasteiger partial charge on any atom is -0.480 e. The number of hydrogen-bond donors (Lipinski definition) is 2. The van der Waals surface area contributed by atoms with Gasteiger partial charge in [0.1, 0.15) is 10.4 Å². The van der Waals surface area contributed by atoms with Gasteiger partial charge in [-0.25, -0.2) is 12.8 Å². The first-order valence-electron chi connectivity index (χ1n) is 6.02. The van der Waals surface area contributed by atoms with Gasteiger partial charge in [0.05, 0.1) is 10.0 Å². The fourth-order valence-corrected chi connectivity index (χ4v) is 4.02. The molecule has 1 rings (SSSR count). The molecule has 0 saturated carbocycles. The van der Waals surface area contributed by atoms with Crippen molar-refractivity contribution in [2.75, 3.05) is 0 Å². The molecule has 5 nitrogen and oxygen atoms in total. The predicted molar refractivity (Wildman–Crippen MR) is 77.7 cm³/mol. The van der Waals surface area contributed by atoms with Crippen LogP contribution in [0.3, 0.4) is 0 Å². The molecule has 0 bridgehead atoms. The van der Waals surface area contributed by atoms with Crippen molar-refractivity contribution in [1.29, 1.82) is 0 Å². The number of nitrogens with one attached hydrogen (secondary N) is 1. The summed E-state index contributed by atoms with van der Waals surface area (Å²) in [4.78, 5) is 10.8. The van der Waals surface area contributed by atoms with Gasteiger partial charge < -0.3 is 5.11 Å². The number of carbonyl (C=O) groups is 1. The molecule has 0 saturated heterocycles. The van der Waals surface area contributed by atoms with Crippen LogP contribution in [-0.4, -0.2) is 25.0 Å². The zero-order valence-corrected chi connectivity index (χ0v) is 13.6. The Bertz CT molecular complexity index is 659. The summed E-state index contributed by atoms with van der Waals surface area (Å²) in [5, 5.41) is 8.24. The Kier molecular flexibility index (Phi) is 5.60. The van der Waals surface area contributed by atoms with Gasteiger partial charge in [-0.3, -0.25) is 4.79 Å². The number of halogens is 3. The van der Waals surface area contributed by atoms with E-state index in [4.69, 9.17) is 23.2 Å². The number of hydrogen-bond acceptors (Lipinski definition) is 3. The van der Waals surface area contributed by atoms with Crippen molar-refractivity contribution in [1.82, 2.24) is 4.72 Å². The van der Waals surface area contributed by atoms with Gasteiger partial charge in [0.25, 0.3) is 0 Å². The first-order valence-corrected chi connectivity index (χ1v) is 8.26. The van der Waals surface area contributed by atoms with E-state index < -0.39 is 37.3 Å². The van der Waals surface area contributed by atoms with Gasteiger partial charge in [0.2, 0.25) is 10.0 Å². The van der Waals surface area contributed by atoms with E-state index in [1.165, 1.54) is 13.8 Å². The molecule has 21 heavy (non-hydrogen) atoms. The van der Waals surface area contributed by atoms with E-state index in [2.05, 4.69) is 4.72 Å². The van der Waals surface area contributed by atoms with Crippen molar-refractivity contribution in [3.8, 4) is 0 Å². The Morgan fingerprint density at radius 1 is 1.33 bits per heavy atom. The van der Waals surface area contributed by atoms with Crippen molar-refractivity contribution >= 4 is 39.2 Å². The highest BCUT2D eigenvalue weighted by atomic mass is 35.5. The molecule has 0 amide bonds. The van der Waals surface area contributed by atoms with Crippen molar-refractivity contribution < 1.29 is 22.7 Å². The van der Waals surface area contributed by atoms with Crippen LogP contribution in [-0.2, 0) is 14.8 Å². The Labute approximate surface area is 132 Å². The molecule has 0 aliphatic carbocycles. The monoisotopic (exact) mass is 357 g/mol. The number of sulfonamides is 1. The zero-order valence-electron chi connectivity index (χ0n) is 11.3. The lowest BCUT2D eigenvalue weighted by molar-refractivity contribution is -0.144. The van der Waals surface area contributed by atoms with Crippen molar-refractivity contribution in [2.24, 2.45) is 0 Å². The van der Waals surface area contributed by atoms with Crippen molar-refractivity contribution in [3.05, 3.63) is 28.0 Å².